The van der Waals surface area contributed by atoms with Crippen molar-refractivity contribution in [3.8, 4) is 0 Å². The molecule has 1 aliphatic rings. The zero-order valence-corrected chi connectivity index (χ0v) is 18.6. The summed E-state index contributed by atoms with van der Waals surface area (Å²) in [5.41, 5.74) is 4.67. The SMILES string of the molecule is Cc1cc(N(C)C)ccc1NC(=O)c1cccc(S(=O)(=O)N2CCc3ccccc32)c1. The number of hydrogen-bond acceptors (Lipinski definition) is 4. The summed E-state index contributed by atoms with van der Waals surface area (Å²) in [7, 11) is 0.156. The molecule has 1 heterocycles. The molecule has 3 aromatic rings. The van der Waals surface area contributed by atoms with Crippen LogP contribution in [0, 0.1) is 6.92 Å². The number of aryl methyl sites for hydroxylation is 1. The van der Waals surface area contributed by atoms with E-state index in [9.17, 15) is 13.2 Å². The summed E-state index contributed by atoms with van der Waals surface area (Å²) in [4.78, 5) is 15.0. The molecule has 0 radical (unpaired) electrons. The predicted molar refractivity (Wildman–Crippen MR) is 125 cm³/mol. The van der Waals surface area contributed by atoms with E-state index in [0.29, 0.717) is 29.9 Å². The van der Waals surface area contributed by atoms with Gasteiger partial charge in [0.05, 0.1) is 10.6 Å². The highest BCUT2D eigenvalue weighted by atomic mass is 32.2. The van der Waals surface area contributed by atoms with E-state index >= 15 is 0 Å². The molecule has 1 aliphatic heterocycles. The summed E-state index contributed by atoms with van der Waals surface area (Å²) >= 11 is 0. The Morgan fingerprint density at radius 2 is 1.77 bits per heavy atom. The minimum Gasteiger partial charge on any atom is -0.378 e. The molecule has 7 heteroatoms. The monoisotopic (exact) mass is 435 g/mol. The van der Waals surface area contributed by atoms with Crippen LogP contribution in [0.2, 0.25) is 0 Å². The van der Waals surface area contributed by atoms with Crippen molar-refractivity contribution < 1.29 is 13.2 Å². The fourth-order valence-corrected chi connectivity index (χ4v) is 5.29. The van der Waals surface area contributed by atoms with Gasteiger partial charge in [-0.2, -0.15) is 0 Å². The van der Waals surface area contributed by atoms with Gasteiger partial charge in [-0.15, -0.1) is 0 Å². The van der Waals surface area contributed by atoms with Crippen LogP contribution in [-0.4, -0.2) is 35.0 Å². The highest BCUT2D eigenvalue weighted by Crippen LogP contribution is 2.33. The molecule has 0 atom stereocenters. The third kappa shape index (κ3) is 4.01. The Balaban J connectivity index is 1.59. The lowest BCUT2D eigenvalue weighted by Crippen LogP contribution is -2.29. The number of carbonyl (C=O) groups is 1. The zero-order chi connectivity index (χ0) is 22.2. The smallest absolute Gasteiger partial charge is 0.264 e. The van der Waals surface area contributed by atoms with Gasteiger partial charge >= 0.3 is 0 Å². The van der Waals surface area contributed by atoms with Gasteiger partial charge in [-0.1, -0.05) is 24.3 Å². The van der Waals surface area contributed by atoms with E-state index in [4.69, 9.17) is 0 Å². The number of hydrogen-bond donors (Lipinski definition) is 1. The van der Waals surface area contributed by atoms with Crippen molar-refractivity contribution >= 4 is 33.0 Å². The third-order valence-corrected chi connectivity index (χ3v) is 7.31. The maximum atomic E-state index is 13.3. The Labute approximate surface area is 183 Å². The molecular weight excluding hydrogens is 410 g/mol. The maximum Gasteiger partial charge on any atom is 0.264 e. The van der Waals surface area contributed by atoms with E-state index < -0.39 is 10.0 Å². The zero-order valence-electron chi connectivity index (χ0n) is 17.8. The Bertz CT molecular complexity index is 1250. The van der Waals surface area contributed by atoms with Crippen LogP contribution in [0.15, 0.2) is 71.6 Å². The first-order chi connectivity index (χ1) is 14.8. The average molecular weight is 436 g/mol. The molecule has 1 N–H and O–H groups in total. The van der Waals surface area contributed by atoms with Crippen molar-refractivity contribution in [2.45, 2.75) is 18.2 Å². The van der Waals surface area contributed by atoms with E-state index in [0.717, 1.165) is 16.8 Å². The quantitative estimate of drug-likeness (QED) is 0.656. The Hall–Kier alpha value is -3.32. The van der Waals surface area contributed by atoms with Crippen LogP contribution in [0.1, 0.15) is 21.5 Å². The molecule has 31 heavy (non-hydrogen) atoms. The largest absolute Gasteiger partial charge is 0.378 e. The molecule has 160 valence electrons. The van der Waals surface area contributed by atoms with Crippen molar-refractivity contribution in [3.63, 3.8) is 0 Å². The van der Waals surface area contributed by atoms with E-state index in [1.165, 1.54) is 16.4 Å². The lowest BCUT2D eigenvalue weighted by molar-refractivity contribution is 0.102. The Morgan fingerprint density at radius 3 is 2.52 bits per heavy atom. The summed E-state index contributed by atoms with van der Waals surface area (Å²) in [5.74, 6) is -0.348. The molecule has 4 rings (SSSR count). The molecule has 6 nitrogen and oxygen atoms in total. The Morgan fingerprint density at radius 1 is 1.00 bits per heavy atom. The maximum absolute atomic E-state index is 13.3. The third-order valence-electron chi connectivity index (χ3n) is 5.50. The number of sulfonamides is 1. The van der Waals surface area contributed by atoms with Crippen LogP contribution in [0.3, 0.4) is 0 Å². The number of para-hydroxylation sites is 1. The number of nitrogens with zero attached hydrogens (tertiary/aromatic N) is 2. The van der Waals surface area contributed by atoms with Gasteiger partial charge in [0, 0.05) is 37.6 Å². The molecule has 3 aromatic carbocycles. The van der Waals surface area contributed by atoms with Gasteiger partial charge in [0.15, 0.2) is 0 Å². The second kappa shape index (κ2) is 8.07. The first-order valence-electron chi connectivity index (χ1n) is 10.1. The predicted octanol–water partition coefficient (Wildman–Crippen LogP) is 4.06. The minimum atomic E-state index is -3.76. The van der Waals surface area contributed by atoms with E-state index in [-0.39, 0.29) is 10.8 Å². The molecule has 0 bridgehead atoms. The molecule has 0 saturated carbocycles. The molecule has 0 aromatic heterocycles. The second-order valence-corrected chi connectivity index (χ2v) is 9.69. The highest BCUT2D eigenvalue weighted by Gasteiger charge is 2.31. The average Bonchev–Trinajstić information content (AvgIpc) is 3.20. The number of anilines is 3. The van der Waals surface area contributed by atoms with Gasteiger partial charge in [-0.25, -0.2) is 8.42 Å². The Kier molecular flexibility index (Phi) is 5.45. The van der Waals surface area contributed by atoms with Crippen molar-refractivity contribution in [2.24, 2.45) is 0 Å². The first-order valence-corrected chi connectivity index (χ1v) is 11.5. The van der Waals surface area contributed by atoms with Gasteiger partial charge in [0.2, 0.25) is 0 Å². The van der Waals surface area contributed by atoms with Crippen LogP contribution in [-0.2, 0) is 16.4 Å². The molecule has 0 spiro atoms. The van der Waals surface area contributed by atoms with Gasteiger partial charge in [0.1, 0.15) is 0 Å². The van der Waals surface area contributed by atoms with Crippen LogP contribution < -0.4 is 14.5 Å². The highest BCUT2D eigenvalue weighted by molar-refractivity contribution is 7.92. The summed E-state index contributed by atoms with van der Waals surface area (Å²) in [6, 6.07) is 19.5. The number of fused-ring (bicyclic) bond motifs is 1. The van der Waals surface area contributed by atoms with Crippen LogP contribution in [0.25, 0.3) is 0 Å². The second-order valence-electron chi connectivity index (χ2n) is 7.83. The number of benzene rings is 3. The number of carbonyl (C=O) groups excluding carboxylic acids is 1. The topological polar surface area (TPSA) is 69.7 Å². The summed E-state index contributed by atoms with van der Waals surface area (Å²) < 4.78 is 28.0. The van der Waals surface area contributed by atoms with Crippen LogP contribution in [0.5, 0.6) is 0 Å². The molecule has 0 saturated heterocycles. The number of amides is 1. The summed E-state index contributed by atoms with van der Waals surface area (Å²) in [6.07, 6.45) is 0.678. The fourth-order valence-electron chi connectivity index (χ4n) is 3.74. The van der Waals surface area contributed by atoms with Crippen molar-refractivity contribution in [1.29, 1.82) is 0 Å². The lowest BCUT2D eigenvalue weighted by atomic mass is 10.1. The number of rotatable bonds is 5. The van der Waals surface area contributed by atoms with Crippen molar-refractivity contribution in [2.75, 3.05) is 35.2 Å². The molecule has 0 fully saturated rings. The fraction of sp³-hybridized carbons (Fsp3) is 0.208. The van der Waals surface area contributed by atoms with Gasteiger partial charge in [-0.3, -0.25) is 9.10 Å². The normalized spacial score (nSPS) is 13.1. The van der Waals surface area contributed by atoms with Gasteiger partial charge in [0.25, 0.3) is 15.9 Å². The van der Waals surface area contributed by atoms with Gasteiger partial charge < -0.3 is 10.2 Å². The van der Waals surface area contributed by atoms with Crippen LogP contribution in [0.4, 0.5) is 17.1 Å². The summed E-state index contributed by atoms with van der Waals surface area (Å²) in [5, 5.41) is 2.89. The first kappa shape index (κ1) is 20.9. The molecule has 0 aliphatic carbocycles. The van der Waals surface area contributed by atoms with E-state index in [2.05, 4.69) is 5.32 Å². The van der Waals surface area contributed by atoms with Crippen LogP contribution >= 0.6 is 0 Å². The van der Waals surface area contributed by atoms with E-state index in [1.54, 1.807) is 12.1 Å². The minimum absolute atomic E-state index is 0.108. The molecular formula is C24H25N3O3S. The van der Waals surface area contributed by atoms with E-state index in [1.807, 2.05) is 68.4 Å². The lowest BCUT2D eigenvalue weighted by Gasteiger charge is -2.20. The molecule has 1 amide bonds. The van der Waals surface area contributed by atoms with Crippen molar-refractivity contribution in [1.82, 2.24) is 0 Å². The molecule has 0 unspecified atom stereocenters. The standard InChI is InChI=1S/C24H25N3O3S/c1-17-15-20(26(2)3)11-12-22(17)25-24(28)19-8-6-9-21(16-19)31(29,30)27-14-13-18-7-4-5-10-23(18)27/h4-12,15-16H,13-14H2,1-3H3,(H,25,28). The number of nitrogens with one attached hydrogen (secondary N) is 1. The van der Waals surface area contributed by atoms with Gasteiger partial charge in [-0.05, 0) is 66.9 Å². The summed E-state index contributed by atoms with van der Waals surface area (Å²) in [6.45, 7) is 2.32. The van der Waals surface area contributed by atoms with Crippen molar-refractivity contribution in [3.05, 3.63) is 83.4 Å².